The summed E-state index contributed by atoms with van der Waals surface area (Å²) in [5.41, 5.74) is 2.85. The molecule has 1 atom stereocenters. The molecule has 1 amide bonds. The van der Waals surface area contributed by atoms with Crippen LogP contribution < -0.4 is 14.4 Å². The molecule has 2 aliphatic rings. The zero-order valence-electron chi connectivity index (χ0n) is 18.3. The Bertz CT molecular complexity index is 1380. The number of aryl methyl sites for hydroxylation is 1. The van der Waals surface area contributed by atoms with E-state index in [0.717, 1.165) is 5.56 Å². The minimum atomic E-state index is -0.846. The summed E-state index contributed by atoms with van der Waals surface area (Å²) in [7, 11) is 0. The van der Waals surface area contributed by atoms with Crippen LogP contribution in [-0.2, 0) is 9.59 Å². The van der Waals surface area contributed by atoms with Crippen molar-refractivity contribution in [3.63, 3.8) is 0 Å². The lowest BCUT2D eigenvalue weighted by molar-refractivity contribution is -0.132. The monoisotopic (exact) mass is 452 g/mol. The molecule has 3 aromatic rings. The van der Waals surface area contributed by atoms with E-state index in [-0.39, 0.29) is 11.3 Å². The van der Waals surface area contributed by atoms with Crippen LogP contribution in [0.2, 0.25) is 0 Å². The minimum Gasteiger partial charge on any atom is -0.507 e. The summed E-state index contributed by atoms with van der Waals surface area (Å²) in [5, 5.41) is 20.4. The van der Waals surface area contributed by atoms with Gasteiger partial charge in [-0.15, -0.1) is 0 Å². The fourth-order valence-electron chi connectivity index (χ4n) is 4.30. The molecule has 1 fully saturated rings. The molecule has 2 aliphatic heterocycles. The molecule has 3 aromatic carbocycles. The van der Waals surface area contributed by atoms with Gasteiger partial charge < -0.3 is 14.6 Å². The third-order valence-corrected chi connectivity index (χ3v) is 5.89. The van der Waals surface area contributed by atoms with Gasteiger partial charge in [0.05, 0.1) is 23.2 Å². The average molecular weight is 452 g/mol. The minimum absolute atomic E-state index is 0.0170. The number of fused-ring (bicyclic) bond motifs is 1. The highest BCUT2D eigenvalue weighted by molar-refractivity contribution is 6.51. The van der Waals surface area contributed by atoms with Crippen LogP contribution in [0.15, 0.2) is 72.3 Å². The molecule has 168 valence electrons. The number of ketones is 1. The van der Waals surface area contributed by atoms with Crippen LogP contribution in [0.4, 0.5) is 5.69 Å². The van der Waals surface area contributed by atoms with E-state index in [1.54, 1.807) is 42.5 Å². The summed E-state index contributed by atoms with van der Waals surface area (Å²) in [5.74, 6) is -0.823. The van der Waals surface area contributed by atoms with Crippen LogP contribution in [0.3, 0.4) is 0 Å². The van der Waals surface area contributed by atoms with Gasteiger partial charge in [0.2, 0.25) is 0 Å². The zero-order valence-corrected chi connectivity index (χ0v) is 18.3. The van der Waals surface area contributed by atoms with Crippen molar-refractivity contribution in [2.75, 3.05) is 18.1 Å². The van der Waals surface area contributed by atoms with E-state index in [2.05, 4.69) is 0 Å². The van der Waals surface area contributed by atoms with E-state index < -0.39 is 17.7 Å². The fraction of sp³-hybridized carbons (Fsp3) is 0.148. The van der Waals surface area contributed by atoms with Gasteiger partial charge in [0.15, 0.2) is 11.5 Å². The number of carbonyl (C=O) groups is 2. The summed E-state index contributed by atoms with van der Waals surface area (Å²) < 4.78 is 11.2. The number of Topliss-reactive ketones (excluding diaryl/α,β-unsaturated/α-hetero) is 1. The largest absolute Gasteiger partial charge is 0.507 e. The molecular formula is C27H20N2O5. The Morgan fingerprint density at radius 2 is 1.74 bits per heavy atom. The highest BCUT2D eigenvalue weighted by Gasteiger charge is 2.47. The number of aliphatic hydroxyl groups is 1. The molecule has 0 spiro atoms. The standard InChI is InChI=1S/C27H20N2O5/c1-16-3-2-4-18(13-16)24-23(25(30)19-7-10-21-22(14-19)34-12-11-33-21)26(31)27(32)29(24)20-8-5-17(15-28)6-9-20/h2-10,13-14,24,30H,11-12H2,1H3/b25-23-. The molecule has 0 saturated carbocycles. The second-order valence-electron chi connectivity index (χ2n) is 8.10. The van der Waals surface area contributed by atoms with E-state index >= 15 is 0 Å². The molecule has 0 bridgehead atoms. The second kappa shape index (κ2) is 8.41. The van der Waals surface area contributed by atoms with E-state index in [4.69, 9.17) is 14.7 Å². The van der Waals surface area contributed by atoms with Gasteiger partial charge in [-0.05, 0) is 55.0 Å². The highest BCUT2D eigenvalue weighted by Crippen LogP contribution is 2.43. The molecule has 1 unspecified atom stereocenters. The van der Waals surface area contributed by atoms with Gasteiger partial charge >= 0.3 is 0 Å². The maximum atomic E-state index is 13.3. The Hall–Kier alpha value is -4.57. The Kier molecular flexibility index (Phi) is 5.27. The van der Waals surface area contributed by atoms with E-state index in [1.165, 1.54) is 4.90 Å². The Morgan fingerprint density at radius 3 is 2.44 bits per heavy atom. The topological polar surface area (TPSA) is 99.9 Å². The first kappa shape index (κ1) is 21.3. The number of rotatable bonds is 3. The number of carbonyl (C=O) groups excluding carboxylic acids is 2. The predicted octanol–water partition coefficient (Wildman–Crippen LogP) is 4.26. The zero-order chi connectivity index (χ0) is 23.8. The number of hydrogen-bond donors (Lipinski definition) is 1. The molecule has 0 aromatic heterocycles. The van der Waals surface area contributed by atoms with Crippen molar-refractivity contribution < 1.29 is 24.2 Å². The Balaban J connectivity index is 1.69. The number of amides is 1. The lowest BCUT2D eigenvalue weighted by Gasteiger charge is -2.26. The molecule has 1 saturated heterocycles. The smallest absolute Gasteiger partial charge is 0.300 e. The number of ether oxygens (including phenoxy) is 2. The quantitative estimate of drug-likeness (QED) is 0.362. The normalized spacial score (nSPS) is 18.6. The van der Waals surface area contributed by atoms with Crippen molar-refractivity contribution in [2.45, 2.75) is 13.0 Å². The molecule has 5 rings (SSSR count). The van der Waals surface area contributed by atoms with Crippen molar-refractivity contribution in [2.24, 2.45) is 0 Å². The van der Waals surface area contributed by atoms with Gasteiger partial charge in [0.25, 0.3) is 11.7 Å². The molecule has 0 aliphatic carbocycles. The van der Waals surface area contributed by atoms with Gasteiger partial charge in [-0.25, -0.2) is 0 Å². The van der Waals surface area contributed by atoms with Crippen LogP contribution in [0.1, 0.15) is 28.3 Å². The number of hydrogen-bond acceptors (Lipinski definition) is 6. The molecule has 0 radical (unpaired) electrons. The summed E-state index contributed by atoms with van der Waals surface area (Å²) in [6.45, 7) is 2.73. The van der Waals surface area contributed by atoms with Gasteiger partial charge in [-0.2, -0.15) is 5.26 Å². The SMILES string of the molecule is Cc1cccc(C2/C(=C(/O)c3ccc4c(c3)OCCO4)C(=O)C(=O)N2c2ccc(C#N)cc2)c1. The third kappa shape index (κ3) is 3.55. The first-order valence-corrected chi connectivity index (χ1v) is 10.8. The summed E-state index contributed by atoms with van der Waals surface area (Å²) in [4.78, 5) is 27.9. The Labute approximate surface area is 196 Å². The van der Waals surface area contributed by atoms with E-state index in [0.29, 0.717) is 47.1 Å². The summed E-state index contributed by atoms with van der Waals surface area (Å²) >= 11 is 0. The molecule has 2 heterocycles. The number of anilines is 1. The highest BCUT2D eigenvalue weighted by atomic mass is 16.6. The van der Waals surface area contributed by atoms with Crippen molar-refractivity contribution in [3.05, 3.63) is 94.6 Å². The second-order valence-corrected chi connectivity index (χ2v) is 8.10. The van der Waals surface area contributed by atoms with Gasteiger partial charge in [-0.3, -0.25) is 14.5 Å². The van der Waals surface area contributed by atoms with Crippen LogP contribution in [-0.4, -0.2) is 30.0 Å². The molecular weight excluding hydrogens is 432 g/mol. The lowest BCUT2D eigenvalue weighted by atomic mass is 9.94. The molecule has 34 heavy (non-hydrogen) atoms. The average Bonchev–Trinajstić information content (AvgIpc) is 3.13. The van der Waals surface area contributed by atoms with Crippen LogP contribution >= 0.6 is 0 Å². The lowest BCUT2D eigenvalue weighted by Crippen LogP contribution is -2.29. The van der Waals surface area contributed by atoms with Crippen LogP contribution in [0, 0.1) is 18.3 Å². The maximum absolute atomic E-state index is 13.3. The van der Waals surface area contributed by atoms with E-state index in [9.17, 15) is 14.7 Å². The number of nitrogens with zero attached hydrogens (tertiary/aromatic N) is 2. The summed E-state index contributed by atoms with van der Waals surface area (Å²) in [6, 6.07) is 20.0. The number of aliphatic hydroxyl groups excluding tert-OH is 1. The van der Waals surface area contributed by atoms with Crippen LogP contribution in [0.25, 0.3) is 5.76 Å². The number of benzene rings is 3. The Morgan fingerprint density at radius 1 is 1.00 bits per heavy atom. The fourth-order valence-corrected chi connectivity index (χ4v) is 4.30. The van der Waals surface area contributed by atoms with Crippen molar-refractivity contribution >= 4 is 23.1 Å². The first-order chi connectivity index (χ1) is 16.5. The van der Waals surface area contributed by atoms with E-state index in [1.807, 2.05) is 37.3 Å². The predicted molar refractivity (Wildman–Crippen MR) is 125 cm³/mol. The molecule has 7 heteroatoms. The van der Waals surface area contributed by atoms with Crippen LogP contribution in [0.5, 0.6) is 11.5 Å². The molecule has 1 N–H and O–H groups in total. The third-order valence-electron chi connectivity index (χ3n) is 5.89. The maximum Gasteiger partial charge on any atom is 0.300 e. The van der Waals surface area contributed by atoms with Crippen molar-refractivity contribution in [3.8, 4) is 17.6 Å². The van der Waals surface area contributed by atoms with Crippen molar-refractivity contribution in [1.82, 2.24) is 0 Å². The number of nitriles is 1. The molecule has 7 nitrogen and oxygen atoms in total. The van der Waals surface area contributed by atoms with Gasteiger partial charge in [-0.1, -0.05) is 29.8 Å². The van der Waals surface area contributed by atoms with Gasteiger partial charge in [0, 0.05) is 11.3 Å². The van der Waals surface area contributed by atoms with Gasteiger partial charge in [0.1, 0.15) is 19.0 Å². The summed E-state index contributed by atoms with van der Waals surface area (Å²) in [6.07, 6.45) is 0. The first-order valence-electron chi connectivity index (χ1n) is 10.8. The van der Waals surface area contributed by atoms with Crippen molar-refractivity contribution in [1.29, 1.82) is 5.26 Å².